The highest BCUT2D eigenvalue weighted by Gasteiger charge is 2.20. The van der Waals surface area contributed by atoms with Crippen LogP contribution in [0.2, 0.25) is 5.02 Å². The Morgan fingerprint density at radius 1 is 1.14 bits per heavy atom. The van der Waals surface area contributed by atoms with Crippen molar-refractivity contribution in [3.8, 4) is 0 Å². The molecule has 4 rings (SSSR count). The van der Waals surface area contributed by atoms with Crippen molar-refractivity contribution in [2.75, 3.05) is 11.9 Å². The van der Waals surface area contributed by atoms with Gasteiger partial charge >= 0.3 is 5.97 Å². The summed E-state index contributed by atoms with van der Waals surface area (Å²) in [6.07, 6.45) is 2.16. The smallest absolute Gasteiger partial charge is 0.348 e. The summed E-state index contributed by atoms with van der Waals surface area (Å²) in [5.74, 6) is 0.296. The molecule has 0 bridgehead atoms. The molecule has 2 aromatic carbocycles. The first-order chi connectivity index (χ1) is 14.1. The zero-order chi connectivity index (χ0) is 20.2. The molecule has 29 heavy (non-hydrogen) atoms. The van der Waals surface area contributed by atoms with Crippen LogP contribution < -0.4 is 5.32 Å². The van der Waals surface area contributed by atoms with Gasteiger partial charge in [-0.1, -0.05) is 48.0 Å². The Morgan fingerprint density at radius 2 is 1.97 bits per heavy atom. The molecule has 0 amide bonds. The maximum absolute atomic E-state index is 12.6. The second kappa shape index (κ2) is 8.59. The second-order valence-corrected chi connectivity index (χ2v) is 7.90. The fourth-order valence-electron chi connectivity index (χ4n) is 3.04. The number of nitrogens with zero attached hydrogens (tertiary/aromatic N) is 2. The van der Waals surface area contributed by atoms with Gasteiger partial charge in [0.15, 0.2) is 0 Å². The minimum atomic E-state index is -0.338. The van der Waals surface area contributed by atoms with Crippen LogP contribution in [0.25, 0.3) is 10.2 Å². The van der Waals surface area contributed by atoms with E-state index in [1.165, 1.54) is 17.7 Å². The molecule has 0 saturated heterocycles. The molecular weight excluding hydrogens is 406 g/mol. The van der Waals surface area contributed by atoms with Crippen LogP contribution in [0.1, 0.15) is 20.8 Å². The number of thiophene rings is 1. The Balaban J connectivity index is 1.54. The van der Waals surface area contributed by atoms with E-state index in [1.807, 2.05) is 61.5 Å². The molecule has 0 unspecified atom stereocenters. The lowest BCUT2D eigenvalue weighted by atomic mass is 10.2. The molecular formula is C22H18ClN3O2S. The van der Waals surface area contributed by atoms with Crippen LogP contribution in [0.4, 0.5) is 11.5 Å². The topological polar surface area (TPSA) is 64.1 Å². The van der Waals surface area contributed by atoms with Crippen molar-refractivity contribution in [2.45, 2.75) is 13.3 Å². The van der Waals surface area contributed by atoms with Gasteiger partial charge in [0, 0.05) is 17.1 Å². The number of esters is 1. The number of halogens is 1. The third kappa shape index (κ3) is 4.39. The van der Waals surface area contributed by atoms with Crippen molar-refractivity contribution >= 4 is 50.6 Å². The minimum absolute atomic E-state index is 0.329. The van der Waals surface area contributed by atoms with Gasteiger partial charge in [-0.05, 0) is 36.2 Å². The molecule has 0 saturated carbocycles. The maximum Gasteiger partial charge on any atom is 0.348 e. The van der Waals surface area contributed by atoms with E-state index < -0.39 is 0 Å². The first-order valence-corrected chi connectivity index (χ1v) is 10.3. The number of aromatic nitrogens is 2. The van der Waals surface area contributed by atoms with Crippen LogP contribution in [0, 0.1) is 6.92 Å². The van der Waals surface area contributed by atoms with Gasteiger partial charge in [0.1, 0.15) is 21.9 Å². The molecule has 0 aliphatic carbocycles. The molecule has 1 N–H and O–H groups in total. The number of rotatable bonds is 6. The van der Waals surface area contributed by atoms with E-state index in [9.17, 15) is 4.79 Å². The Bertz CT molecular complexity index is 1160. The molecule has 5 nitrogen and oxygen atoms in total. The number of aryl methyl sites for hydroxylation is 1. The zero-order valence-corrected chi connectivity index (χ0v) is 17.3. The largest absolute Gasteiger partial charge is 0.461 e. The van der Waals surface area contributed by atoms with Crippen LogP contribution in [0.15, 0.2) is 60.9 Å². The van der Waals surface area contributed by atoms with Crippen molar-refractivity contribution < 1.29 is 9.53 Å². The fraction of sp³-hybridized carbons (Fsp3) is 0.136. The number of carbonyl (C=O) groups excluding carboxylic acids is 1. The molecule has 4 aromatic rings. The summed E-state index contributed by atoms with van der Waals surface area (Å²) in [5, 5.41) is 4.71. The molecule has 0 atom stereocenters. The Hall–Kier alpha value is -2.96. The molecule has 0 aliphatic rings. The molecule has 0 fully saturated rings. The summed E-state index contributed by atoms with van der Waals surface area (Å²) in [6, 6.07) is 17.3. The van der Waals surface area contributed by atoms with E-state index in [0.29, 0.717) is 28.7 Å². The summed E-state index contributed by atoms with van der Waals surface area (Å²) in [5.41, 5.74) is 2.75. The highest BCUT2D eigenvalue weighted by Crippen LogP contribution is 2.35. The monoisotopic (exact) mass is 423 g/mol. The number of fused-ring (bicyclic) bond motifs is 1. The normalized spacial score (nSPS) is 10.8. The van der Waals surface area contributed by atoms with Crippen LogP contribution in [-0.4, -0.2) is 22.5 Å². The number of benzene rings is 2. The average Bonchev–Trinajstić information content (AvgIpc) is 3.06. The lowest BCUT2D eigenvalue weighted by Gasteiger charge is -2.08. The highest BCUT2D eigenvalue weighted by atomic mass is 35.5. The van der Waals surface area contributed by atoms with Gasteiger partial charge in [-0.3, -0.25) is 0 Å². The molecule has 0 spiro atoms. The van der Waals surface area contributed by atoms with E-state index in [1.54, 1.807) is 0 Å². The van der Waals surface area contributed by atoms with Gasteiger partial charge in [0.05, 0.1) is 12.0 Å². The van der Waals surface area contributed by atoms with E-state index in [2.05, 4.69) is 15.3 Å². The minimum Gasteiger partial charge on any atom is -0.461 e. The molecule has 2 heterocycles. The van der Waals surface area contributed by atoms with Crippen LogP contribution >= 0.6 is 22.9 Å². The SMILES string of the molecule is Cc1c(C(=O)OCCc2ccccc2)sc2ncnc(Nc3cccc(Cl)c3)c12. The van der Waals surface area contributed by atoms with Gasteiger partial charge < -0.3 is 10.1 Å². The summed E-state index contributed by atoms with van der Waals surface area (Å²) >= 11 is 7.38. The summed E-state index contributed by atoms with van der Waals surface area (Å²) in [6.45, 7) is 2.22. The third-order valence-electron chi connectivity index (χ3n) is 4.47. The highest BCUT2D eigenvalue weighted by molar-refractivity contribution is 7.20. The van der Waals surface area contributed by atoms with Gasteiger partial charge in [0.2, 0.25) is 0 Å². The summed E-state index contributed by atoms with van der Waals surface area (Å²) in [7, 11) is 0. The summed E-state index contributed by atoms with van der Waals surface area (Å²) in [4.78, 5) is 22.6. The number of nitrogens with one attached hydrogen (secondary N) is 1. The van der Waals surface area contributed by atoms with Gasteiger partial charge in [0.25, 0.3) is 0 Å². The predicted molar refractivity (Wildman–Crippen MR) is 117 cm³/mol. The van der Waals surface area contributed by atoms with E-state index in [-0.39, 0.29) is 5.97 Å². The van der Waals surface area contributed by atoms with Gasteiger partial charge in [-0.15, -0.1) is 11.3 Å². The first-order valence-electron chi connectivity index (χ1n) is 9.09. The third-order valence-corrected chi connectivity index (χ3v) is 5.88. The Labute approximate surface area is 177 Å². The lowest BCUT2D eigenvalue weighted by molar-refractivity contribution is 0.0514. The van der Waals surface area contributed by atoms with E-state index in [4.69, 9.17) is 16.3 Å². The van der Waals surface area contributed by atoms with Crippen molar-refractivity contribution in [2.24, 2.45) is 0 Å². The average molecular weight is 424 g/mol. The van der Waals surface area contributed by atoms with Crippen molar-refractivity contribution in [1.82, 2.24) is 9.97 Å². The van der Waals surface area contributed by atoms with E-state index >= 15 is 0 Å². The van der Waals surface area contributed by atoms with Crippen molar-refractivity contribution in [3.63, 3.8) is 0 Å². The van der Waals surface area contributed by atoms with Crippen molar-refractivity contribution in [3.05, 3.63) is 82.0 Å². The fourth-order valence-corrected chi connectivity index (χ4v) is 4.27. The summed E-state index contributed by atoms with van der Waals surface area (Å²) < 4.78 is 5.50. The zero-order valence-electron chi connectivity index (χ0n) is 15.7. The van der Waals surface area contributed by atoms with Crippen LogP contribution in [0.5, 0.6) is 0 Å². The first kappa shape index (κ1) is 19.4. The predicted octanol–water partition coefficient (Wildman–Crippen LogP) is 5.80. The van der Waals surface area contributed by atoms with E-state index in [0.717, 1.165) is 27.0 Å². The number of hydrogen-bond donors (Lipinski definition) is 1. The molecule has 2 aromatic heterocycles. The number of hydrogen-bond acceptors (Lipinski definition) is 6. The van der Waals surface area contributed by atoms with Crippen LogP contribution in [0.3, 0.4) is 0 Å². The van der Waals surface area contributed by atoms with Crippen molar-refractivity contribution in [1.29, 1.82) is 0 Å². The van der Waals surface area contributed by atoms with Gasteiger partial charge in [-0.25, -0.2) is 14.8 Å². The molecule has 0 radical (unpaired) electrons. The quantitative estimate of drug-likeness (QED) is 0.397. The number of ether oxygens (including phenoxy) is 1. The Kier molecular flexibility index (Phi) is 5.74. The second-order valence-electron chi connectivity index (χ2n) is 6.47. The number of carbonyl (C=O) groups is 1. The van der Waals surface area contributed by atoms with Gasteiger partial charge in [-0.2, -0.15) is 0 Å². The Morgan fingerprint density at radius 3 is 2.76 bits per heavy atom. The number of anilines is 2. The lowest BCUT2D eigenvalue weighted by Crippen LogP contribution is -2.07. The standard InChI is InChI=1S/C22H18ClN3O2S/c1-14-18-20(26-17-9-5-8-16(23)12-17)24-13-25-21(18)29-19(14)22(27)28-11-10-15-6-3-2-4-7-15/h2-9,12-13H,10-11H2,1H3,(H,24,25,26). The molecule has 7 heteroatoms. The van der Waals surface area contributed by atoms with Crippen LogP contribution in [-0.2, 0) is 11.2 Å². The molecule has 146 valence electrons. The maximum atomic E-state index is 12.6. The molecule has 0 aliphatic heterocycles.